The summed E-state index contributed by atoms with van der Waals surface area (Å²) in [6.07, 6.45) is 5.18. The Kier molecular flexibility index (Phi) is 4.05. The summed E-state index contributed by atoms with van der Waals surface area (Å²) in [4.78, 5) is 16.3. The van der Waals surface area contributed by atoms with E-state index < -0.39 is 0 Å². The van der Waals surface area contributed by atoms with Crippen LogP contribution in [0, 0.1) is 5.92 Å². The van der Waals surface area contributed by atoms with E-state index in [2.05, 4.69) is 19.0 Å². The molecule has 2 aliphatic rings. The first-order valence-corrected chi connectivity index (χ1v) is 6.77. The first-order chi connectivity index (χ1) is 8.08. The highest BCUT2D eigenvalue weighted by molar-refractivity contribution is 5.77. The number of carbonyl (C=O) groups is 1. The third-order valence-corrected chi connectivity index (χ3v) is 4.19. The van der Waals surface area contributed by atoms with Gasteiger partial charge in [0.2, 0.25) is 5.91 Å². The average molecular weight is 239 g/mol. The molecule has 2 N–H and O–H groups in total. The quantitative estimate of drug-likeness (QED) is 0.784. The zero-order chi connectivity index (χ0) is 12.4. The predicted molar refractivity (Wildman–Crippen MR) is 68.6 cm³/mol. The Bertz CT molecular complexity index is 268. The van der Waals surface area contributed by atoms with Gasteiger partial charge >= 0.3 is 0 Å². The Balaban J connectivity index is 1.73. The van der Waals surface area contributed by atoms with Gasteiger partial charge in [0.15, 0.2) is 0 Å². The van der Waals surface area contributed by atoms with Gasteiger partial charge in [0.25, 0.3) is 0 Å². The van der Waals surface area contributed by atoms with Crippen LogP contribution in [0.3, 0.4) is 0 Å². The highest BCUT2D eigenvalue weighted by atomic mass is 16.2. The Morgan fingerprint density at radius 3 is 2.35 bits per heavy atom. The summed E-state index contributed by atoms with van der Waals surface area (Å²) in [7, 11) is 4.23. The Hall–Kier alpha value is -0.610. The SMILES string of the molecule is CN(C)C1CCN(C(=O)CC(N)C2CC2)CC1. The molecule has 1 heterocycles. The molecule has 0 radical (unpaired) electrons. The van der Waals surface area contributed by atoms with E-state index in [9.17, 15) is 4.79 Å². The summed E-state index contributed by atoms with van der Waals surface area (Å²) in [6, 6.07) is 0.741. The molecule has 1 aliphatic heterocycles. The summed E-state index contributed by atoms with van der Waals surface area (Å²) in [5, 5.41) is 0. The normalized spacial score (nSPS) is 24.1. The molecule has 98 valence electrons. The molecule has 17 heavy (non-hydrogen) atoms. The summed E-state index contributed by atoms with van der Waals surface area (Å²) in [5.41, 5.74) is 6.01. The van der Waals surface area contributed by atoms with Crippen LogP contribution in [-0.2, 0) is 4.79 Å². The van der Waals surface area contributed by atoms with Crippen molar-refractivity contribution >= 4 is 5.91 Å². The van der Waals surface area contributed by atoms with Gasteiger partial charge in [-0.3, -0.25) is 4.79 Å². The van der Waals surface area contributed by atoms with Crippen molar-refractivity contribution in [2.75, 3.05) is 27.2 Å². The van der Waals surface area contributed by atoms with E-state index in [-0.39, 0.29) is 11.9 Å². The molecule has 2 rings (SSSR count). The zero-order valence-corrected chi connectivity index (χ0v) is 11.1. The van der Waals surface area contributed by atoms with Crippen molar-refractivity contribution in [1.29, 1.82) is 0 Å². The number of nitrogens with zero attached hydrogens (tertiary/aromatic N) is 2. The van der Waals surface area contributed by atoms with E-state index in [1.165, 1.54) is 12.8 Å². The van der Waals surface area contributed by atoms with Crippen molar-refractivity contribution in [2.45, 2.75) is 44.2 Å². The fraction of sp³-hybridized carbons (Fsp3) is 0.923. The monoisotopic (exact) mass is 239 g/mol. The largest absolute Gasteiger partial charge is 0.343 e. The highest BCUT2D eigenvalue weighted by Gasteiger charge is 2.32. The van der Waals surface area contributed by atoms with E-state index in [1.807, 2.05) is 4.90 Å². The van der Waals surface area contributed by atoms with E-state index in [0.29, 0.717) is 18.4 Å². The fourth-order valence-electron chi connectivity index (χ4n) is 2.65. The van der Waals surface area contributed by atoms with Crippen molar-refractivity contribution in [3.05, 3.63) is 0 Å². The topological polar surface area (TPSA) is 49.6 Å². The molecule has 0 bridgehead atoms. The van der Waals surface area contributed by atoms with Crippen LogP contribution in [0.15, 0.2) is 0 Å². The lowest BCUT2D eigenvalue weighted by Crippen LogP contribution is -2.45. The molecule has 1 unspecified atom stereocenters. The van der Waals surface area contributed by atoms with Crippen LogP contribution >= 0.6 is 0 Å². The predicted octanol–water partition coefficient (Wildman–Crippen LogP) is 0.666. The molecule has 0 aromatic carbocycles. The van der Waals surface area contributed by atoms with Crippen LogP contribution in [0.1, 0.15) is 32.1 Å². The molecule has 1 amide bonds. The van der Waals surface area contributed by atoms with Gasteiger partial charge in [-0.15, -0.1) is 0 Å². The minimum absolute atomic E-state index is 0.106. The first kappa shape index (κ1) is 12.8. The fourth-order valence-corrected chi connectivity index (χ4v) is 2.65. The average Bonchev–Trinajstić information content (AvgIpc) is 3.12. The van der Waals surface area contributed by atoms with Crippen LogP contribution in [-0.4, -0.2) is 55.0 Å². The van der Waals surface area contributed by atoms with Gasteiger partial charge in [-0.25, -0.2) is 0 Å². The van der Waals surface area contributed by atoms with Crippen molar-refractivity contribution in [1.82, 2.24) is 9.80 Å². The van der Waals surface area contributed by atoms with Crippen molar-refractivity contribution in [2.24, 2.45) is 11.7 Å². The van der Waals surface area contributed by atoms with Crippen LogP contribution in [0.2, 0.25) is 0 Å². The second-order valence-electron chi connectivity index (χ2n) is 5.78. The van der Waals surface area contributed by atoms with Crippen LogP contribution in [0.4, 0.5) is 0 Å². The van der Waals surface area contributed by atoms with E-state index in [0.717, 1.165) is 25.9 Å². The molecule has 1 atom stereocenters. The molecule has 1 saturated heterocycles. The van der Waals surface area contributed by atoms with Gasteiger partial charge in [0.1, 0.15) is 0 Å². The Morgan fingerprint density at radius 2 is 1.88 bits per heavy atom. The third kappa shape index (κ3) is 3.42. The number of carbonyl (C=O) groups excluding carboxylic acids is 1. The maximum atomic E-state index is 12.0. The molecule has 2 fully saturated rings. The van der Waals surface area contributed by atoms with Gasteiger partial charge in [-0.1, -0.05) is 0 Å². The number of rotatable bonds is 4. The van der Waals surface area contributed by atoms with Crippen LogP contribution in [0.5, 0.6) is 0 Å². The molecule has 4 heteroatoms. The smallest absolute Gasteiger partial charge is 0.224 e. The molecule has 1 saturated carbocycles. The second-order valence-corrected chi connectivity index (χ2v) is 5.78. The van der Waals surface area contributed by atoms with Crippen LogP contribution in [0.25, 0.3) is 0 Å². The van der Waals surface area contributed by atoms with Crippen molar-refractivity contribution in [3.8, 4) is 0 Å². The minimum atomic E-state index is 0.106. The molecular weight excluding hydrogens is 214 g/mol. The lowest BCUT2D eigenvalue weighted by molar-refractivity contribution is -0.133. The molecular formula is C13H25N3O. The molecule has 1 aliphatic carbocycles. The molecule has 0 aromatic heterocycles. The number of amides is 1. The Labute approximate surface area is 104 Å². The first-order valence-electron chi connectivity index (χ1n) is 6.77. The summed E-state index contributed by atoms with van der Waals surface area (Å²) in [5.74, 6) is 0.889. The number of hydrogen-bond acceptors (Lipinski definition) is 3. The standard InChI is InChI=1S/C13H25N3O/c1-15(2)11-5-7-16(8-6-11)13(17)9-12(14)10-3-4-10/h10-12H,3-9,14H2,1-2H3. The summed E-state index contributed by atoms with van der Waals surface area (Å²) in [6.45, 7) is 1.80. The van der Waals surface area contributed by atoms with Gasteiger partial charge in [0, 0.05) is 31.6 Å². The van der Waals surface area contributed by atoms with Gasteiger partial charge in [-0.05, 0) is 45.7 Å². The third-order valence-electron chi connectivity index (χ3n) is 4.19. The van der Waals surface area contributed by atoms with Crippen LogP contribution < -0.4 is 5.73 Å². The molecule has 4 nitrogen and oxygen atoms in total. The Morgan fingerprint density at radius 1 is 1.29 bits per heavy atom. The van der Waals surface area contributed by atoms with E-state index in [1.54, 1.807) is 0 Å². The van der Waals surface area contributed by atoms with Gasteiger partial charge < -0.3 is 15.5 Å². The number of nitrogens with two attached hydrogens (primary N) is 1. The second kappa shape index (κ2) is 5.36. The van der Waals surface area contributed by atoms with Gasteiger partial charge in [0.05, 0.1) is 0 Å². The number of piperidine rings is 1. The summed E-state index contributed by atoms with van der Waals surface area (Å²) >= 11 is 0. The van der Waals surface area contributed by atoms with Crippen molar-refractivity contribution in [3.63, 3.8) is 0 Å². The lowest BCUT2D eigenvalue weighted by atomic mass is 10.0. The van der Waals surface area contributed by atoms with E-state index >= 15 is 0 Å². The number of hydrogen-bond donors (Lipinski definition) is 1. The minimum Gasteiger partial charge on any atom is -0.343 e. The molecule has 0 aromatic rings. The maximum absolute atomic E-state index is 12.0. The zero-order valence-electron chi connectivity index (χ0n) is 11.1. The summed E-state index contributed by atoms with van der Waals surface area (Å²) < 4.78 is 0. The van der Waals surface area contributed by atoms with Gasteiger partial charge in [-0.2, -0.15) is 0 Å². The lowest BCUT2D eigenvalue weighted by Gasteiger charge is -2.35. The van der Waals surface area contributed by atoms with Crippen molar-refractivity contribution < 1.29 is 4.79 Å². The maximum Gasteiger partial charge on any atom is 0.224 e. The molecule has 0 spiro atoms. The highest BCUT2D eigenvalue weighted by Crippen LogP contribution is 2.33. The van der Waals surface area contributed by atoms with E-state index in [4.69, 9.17) is 5.73 Å². The number of likely N-dealkylation sites (tertiary alicyclic amines) is 1.